The highest BCUT2D eigenvalue weighted by Gasteiger charge is 2.16. The fraction of sp³-hybridized carbons (Fsp3) is 0.462. The summed E-state index contributed by atoms with van der Waals surface area (Å²) in [6.45, 7) is 2.21. The highest BCUT2D eigenvalue weighted by atomic mass is 16.4. The van der Waals surface area contributed by atoms with E-state index in [-0.39, 0.29) is 24.7 Å². The quantitative estimate of drug-likeness (QED) is 0.831. The van der Waals surface area contributed by atoms with Crippen molar-refractivity contribution in [1.29, 1.82) is 0 Å². The first-order chi connectivity index (χ1) is 8.49. The molecule has 0 fully saturated rings. The molecule has 0 radical (unpaired) electrons. The molecular formula is C13H18N2O3. The molecule has 5 heteroatoms. The number of aliphatic carboxylic acids is 1. The summed E-state index contributed by atoms with van der Waals surface area (Å²) in [5.41, 5.74) is 0.819. The van der Waals surface area contributed by atoms with Crippen molar-refractivity contribution in [3.8, 4) is 0 Å². The lowest BCUT2D eigenvalue weighted by Crippen LogP contribution is -2.28. The molecule has 0 aliphatic rings. The number of amides is 1. The van der Waals surface area contributed by atoms with E-state index in [0.29, 0.717) is 6.54 Å². The Morgan fingerprint density at radius 3 is 2.67 bits per heavy atom. The van der Waals surface area contributed by atoms with Gasteiger partial charge in [-0.25, -0.2) is 0 Å². The van der Waals surface area contributed by atoms with E-state index in [1.54, 1.807) is 25.1 Å². The Morgan fingerprint density at radius 1 is 1.39 bits per heavy atom. The topological polar surface area (TPSA) is 70.5 Å². The maximum absolute atomic E-state index is 11.8. The van der Waals surface area contributed by atoms with Gasteiger partial charge in [0.1, 0.15) is 0 Å². The third-order valence-electron chi connectivity index (χ3n) is 2.60. The summed E-state index contributed by atoms with van der Waals surface area (Å²) in [5.74, 6) is -1.08. The van der Waals surface area contributed by atoms with Gasteiger partial charge in [-0.05, 0) is 18.1 Å². The molecule has 0 spiro atoms. The van der Waals surface area contributed by atoms with E-state index in [9.17, 15) is 9.59 Å². The zero-order valence-corrected chi connectivity index (χ0v) is 10.7. The van der Waals surface area contributed by atoms with Crippen LogP contribution in [-0.4, -0.2) is 33.9 Å². The molecular weight excluding hydrogens is 232 g/mol. The number of nitrogens with zero attached hydrogens (tertiary/aromatic N) is 2. The summed E-state index contributed by atoms with van der Waals surface area (Å²) >= 11 is 0. The van der Waals surface area contributed by atoms with E-state index < -0.39 is 5.97 Å². The van der Waals surface area contributed by atoms with Gasteiger partial charge in [-0.15, -0.1) is 0 Å². The van der Waals surface area contributed by atoms with Gasteiger partial charge in [0.15, 0.2) is 0 Å². The standard InChI is InChI=1S/C13H18N2O3/c1-10(8-13(17)18)7-12(16)15(2)9-11-5-3-4-6-14-11/h3-6,10H,7-9H2,1-2H3,(H,17,18). The predicted octanol–water partition coefficient (Wildman–Crippen LogP) is 1.54. The molecule has 5 nitrogen and oxygen atoms in total. The fourth-order valence-corrected chi connectivity index (χ4v) is 1.65. The highest BCUT2D eigenvalue weighted by molar-refractivity contribution is 5.77. The SMILES string of the molecule is CC(CC(=O)O)CC(=O)N(C)Cc1ccccn1. The molecule has 0 aliphatic carbocycles. The Morgan fingerprint density at radius 2 is 2.11 bits per heavy atom. The van der Waals surface area contributed by atoms with E-state index in [0.717, 1.165) is 5.69 Å². The molecule has 1 unspecified atom stereocenters. The Labute approximate surface area is 106 Å². The lowest BCUT2D eigenvalue weighted by atomic mass is 10.0. The van der Waals surface area contributed by atoms with Gasteiger partial charge in [0.25, 0.3) is 0 Å². The predicted molar refractivity (Wildman–Crippen MR) is 66.7 cm³/mol. The van der Waals surface area contributed by atoms with Crippen molar-refractivity contribution < 1.29 is 14.7 Å². The first kappa shape index (κ1) is 14.2. The van der Waals surface area contributed by atoms with Crippen LogP contribution in [0.5, 0.6) is 0 Å². The highest BCUT2D eigenvalue weighted by Crippen LogP contribution is 2.10. The Bertz CT molecular complexity index is 406. The van der Waals surface area contributed by atoms with Crippen LogP contribution in [0, 0.1) is 5.92 Å². The molecule has 1 aromatic rings. The van der Waals surface area contributed by atoms with Crippen LogP contribution in [0.2, 0.25) is 0 Å². The van der Waals surface area contributed by atoms with Crippen LogP contribution in [-0.2, 0) is 16.1 Å². The summed E-state index contributed by atoms with van der Waals surface area (Å²) in [6.07, 6.45) is 1.94. The van der Waals surface area contributed by atoms with Crippen LogP contribution in [0.3, 0.4) is 0 Å². The molecule has 1 aromatic heterocycles. The minimum atomic E-state index is -0.873. The van der Waals surface area contributed by atoms with Crippen molar-refractivity contribution in [2.45, 2.75) is 26.3 Å². The van der Waals surface area contributed by atoms with Crippen molar-refractivity contribution in [2.24, 2.45) is 5.92 Å². The van der Waals surface area contributed by atoms with E-state index in [4.69, 9.17) is 5.11 Å². The molecule has 0 saturated heterocycles. The van der Waals surface area contributed by atoms with Crippen molar-refractivity contribution in [2.75, 3.05) is 7.05 Å². The van der Waals surface area contributed by atoms with Gasteiger partial charge >= 0.3 is 5.97 Å². The number of hydrogen-bond donors (Lipinski definition) is 1. The number of carbonyl (C=O) groups is 2. The molecule has 1 amide bonds. The normalized spacial score (nSPS) is 11.9. The molecule has 1 N–H and O–H groups in total. The van der Waals surface area contributed by atoms with Crippen LogP contribution in [0.4, 0.5) is 0 Å². The lowest BCUT2D eigenvalue weighted by Gasteiger charge is -2.18. The first-order valence-corrected chi connectivity index (χ1v) is 5.84. The smallest absolute Gasteiger partial charge is 0.303 e. The third-order valence-corrected chi connectivity index (χ3v) is 2.60. The molecule has 0 aliphatic heterocycles. The van der Waals surface area contributed by atoms with E-state index in [1.807, 2.05) is 18.2 Å². The van der Waals surface area contributed by atoms with Crippen LogP contribution in [0.1, 0.15) is 25.5 Å². The zero-order chi connectivity index (χ0) is 13.5. The van der Waals surface area contributed by atoms with Crippen LogP contribution in [0.15, 0.2) is 24.4 Å². The number of hydrogen-bond acceptors (Lipinski definition) is 3. The van der Waals surface area contributed by atoms with E-state index in [2.05, 4.69) is 4.98 Å². The maximum Gasteiger partial charge on any atom is 0.303 e. The van der Waals surface area contributed by atoms with Gasteiger partial charge < -0.3 is 10.0 Å². The number of carboxylic acid groups (broad SMARTS) is 1. The van der Waals surface area contributed by atoms with Crippen molar-refractivity contribution in [1.82, 2.24) is 9.88 Å². The second-order valence-corrected chi connectivity index (χ2v) is 4.48. The van der Waals surface area contributed by atoms with Gasteiger partial charge in [-0.2, -0.15) is 0 Å². The average molecular weight is 250 g/mol. The van der Waals surface area contributed by atoms with Gasteiger partial charge in [0, 0.05) is 26.1 Å². The van der Waals surface area contributed by atoms with E-state index in [1.165, 1.54) is 0 Å². The van der Waals surface area contributed by atoms with Crippen molar-refractivity contribution in [3.63, 3.8) is 0 Å². The molecule has 18 heavy (non-hydrogen) atoms. The van der Waals surface area contributed by atoms with Gasteiger partial charge in [0.2, 0.25) is 5.91 Å². The fourth-order valence-electron chi connectivity index (χ4n) is 1.65. The molecule has 1 rings (SSSR count). The Hall–Kier alpha value is -1.91. The second kappa shape index (κ2) is 6.74. The Balaban J connectivity index is 2.44. The number of aromatic nitrogens is 1. The zero-order valence-electron chi connectivity index (χ0n) is 10.7. The molecule has 0 bridgehead atoms. The maximum atomic E-state index is 11.8. The first-order valence-electron chi connectivity index (χ1n) is 5.84. The summed E-state index contributed by atoms with van der Waals surface area (Å²) < 4.78 is 0. The number of carboxylic acids is 1. The van der Waals surface area contributed by atoms with E-state index >= 15 is 0 Å². The van der Waals surface area contributed by atoms with Gasteiger partial charge in [0.05, 0.1) is 12.2 Å². The molecule has 0 saturated carbocycles. The molecule has 1 atom stereocenters. The van der Waals surface area contributed by atoms with Crippen molar-refractivity contribution >= 4 is 11.9 Å². The summed E-state index contributed by atoms with van der Waals surface area (Å²) in [7, 11) is 1.70. The number of pyridine rings is 1. The molecule has 98 valence electrons. The monoisotopic (exact) mass is 250 g/mol. The minimum absolute atomic E-state index is 0.0170. The van der Waals surface area contributed by atoms with Gasteiger partial charge in [-0.1, -0.05) is 13.0 Å². The molecule has 1 heterocycles. The summed E-state index contributed by atoms with van der Waals surface area (Å²) in [6, 6.07) is 5.54. The lowest BCUT2D eigenvalue weighted by molar-refractivity contribution is -0.138. The third kappa shape index (κ3) is 4.95. The van der Waals surface area contributed by atoms with Crippen LogP contribution in [0.25, 0.3) is 0 Å². The number of carbonyl (C=O) groups excluding carboxylic acids is 1. The summed E-state index contributed by atoms with van der Waals surface area (Å²) in [5, 5.41) is 8.64. The largest absolute Gasteiger partial charge is 0.481 e. The summed E-state index contributed by atoms with van der Waals surface area (Å²) in [4.78, 5) is 28.1. The number of rotatable bonds is 6. The van der Waals surface area contributed by atoms with Gasteiger partial charge in [-0.3, -0.25) is 14.6 Å². The van der Waals surface area contributed by atoms with Crippen LogP contribution >= 0.6 is 0 Å². The average Bonchev–Trinajstić information content (AvgIpc) is 2.28. The minimum Gasteiger partial charge on any atom is -0.481 e. The van der Waals surface area contributed by atoms with Crippen LogP contribution < -0.4 is 0 Å². The van der Waals surface area contributed by atoms with Crippen molar-refractivity contribution in [3.05, 3.63) is 30.1 Å². The Kier molecular flexibility index (Phi) is 5.30. The molecule has 0 aromatic carbocycles. The second-order valence-electron chi connectivity index (χ2n) is 4.48.